The van der Waals surface area contributed by atoms with Crippen LogP contribution in [0.2, 0.25) is 0 Å². The molecule has 0 spiro atoms. The van der Waals surface area contributed by atoms with Crippen molar-refractivity contribution < 1.29 is 17.7 Å². The first-order valence-corrected chi connectivity index (χ1v) is 30.8. The average Bonchev–Trinajstić information content (AvgIpc) is 4.34. The number of aromatic nitrogens is 6. The first-order chi connectivity index (χ1) is 39.1. The zero-order chi connectivity index (χ0) is 62.7. The van der Waals surface area contributed by atoms with Crippen LogP contribution in [0, 0.1) is 208 Å². The van der Waals surface area contributed by atoms with Crippen LogP contribution in [0.1, 0.15) is 167 Å². The van der Waals surface area contributed by atoms with Gasteiger partial charge in [0.2, 0.25) is 0 Å². The Morgan fingerprint density at radius 2 is 0.345 bits per heavy atom. The predicted octanol–water partition coefficient (Wildman–Crippen LogP) is 21.2. The lowest BCUT2D eigenvalue weighted by atomic mass is 9.98. The van der Waals surface area contributed by atoms with Crippen molar-refractivity contribution in [3.8, 4) is 0 Å². The lowest BCUT2D eigenvalue weighted by Crippen LogP contribution is -1.92. The standard InChI is InChI=1S/4C12H15NO.2C12H15NS/c6*1-6-7(2)9(4)12-11(8(6)3)13-10(5)14-12/h6*1-5H3. The first kappa shape index (κ1) is 64.5. The van der Waals surface area contributed by atoms with E-state index in [1.807, 2.05) is 27.7 Å². The third-order valence-electron chi connectivity index (χ3n) is 18.7. The topological polar surface area (TPSA) is 130 Å². The highest BCUT2D eigenvalue weighted by atomic mass is 32.1. The molecule has 444 valence electrons. The number of hydrogen-bond acceptors (Lipinski definition) is 12. The molecule has 0 unspecified atom stereocenters. The van der Waals surface area contributed by atoms with Crippen molar-refractivity contribution in [1.82, 2.24) is 29.9 Å². The van der Waals surface area contributed by atoms with Crippen LogP contribution in [0.4, 0.5) is 0 Å². The summed E-state index contributed by atoms with van der Waals surface area (Å²) in [4.78, 5) is 26.8. The molecule has 6 heterocycles. The van der Waals surface area contributed by atoms with Gasteiger partial charge in [-0.1, -0.05) is 0 Å². The molecule has 6 aromatic heterocycles. The van der Waals surface area contributed by atoms with E-state index in [0.29, 0.717) is 0 Å². The van der Waals surface area contributed by atoms with E-state index in [2.05, 4.69) is 210 Å². The summed E-state index contributed by atoms with van der Waals surface area (Å²) in [6.07, 6.45) is 0. The second-order valence-electron chi connectivity index (χ2n) is 23.5. The average molecular weight is 1170 g/mol. The Bertz CT molecular complexity index is 3530. The van der Waals surface area contributed by atoms with Crippen LogP contribution < -0.4 is 0 Å². The van der Waals surface area contributed by atoms with Crippen LogP contribution in [-0.4, -0.2) is 29.9 Å². The summed E-state index contributed by atoms with van der Waals surface area (Å²) in [7, 11) is 0. The monoisotopic (exact) mass is 1170 g/mol. The van der Waals surface area contributed by atoms with Gasteiger partial charge in [-0.15, -0.1) is 22.7 Å². The lowest BCUT2D eigenvalue weighted by Gasteiger charge is -2.09. The van der Waals surface area contributed by atoms with Crippen LogP contribution in [0.25, 0.3) is 64.8 Å². The maximum atomic E-state index is 5.60. The van der Waals surface area contributed by atoms with Gasteiger partial charge in [-0.2, -0.15) is 0 Å². The Morgan fingerprint density at radius 3 is 0.548 bits per heavy atom. The summed E-state index contributed by atoms with van der Waals surface area (Å²) >= 11 is 3.61. The van der Waals surface area contributed by atoms with Crippen molar-refractivity contribution in [2.24, 2.45) is 0 Å². The number of nitrogens with zero attached hydrogens (tertiary/aromatic N) is 6. The highest BCUT2D eigenvalue weighted by Crippen LogP contribution is 2.36. The highest BCUT2D eigenvalue weighted by molar-refractivity contribution is 7.19. The second-order valence-corrected chi connectivity index (χ2v) is 25.9. The van der Waals surface area contributed by atoms with E-state index in [4.69, 9.17) is 17.7 Å². The van der Waals surface area contributed by atoms with Crippen LogP contribution in [0.15, 0.2) is 17.7 Å². The van der Waals surface area contributed by atoms with Crippen LogP contribution in [0.5, 0.6) is 0 Å². The van der Waals surface area contributed by atoms with Crippen molar-refractivity contribution in [2.75, 3.05) is 0 Å². The minimum Gasteiger partial charge on any atom is -0.441 e. The highest BCUT2D eigenvalue weighted by Gasteiger charge is 2.19. The Hall–Kier alpha value is -7.02. The molecule has 0 fully saturated rings. The molecule has 10 nitrogen and oxygen atoms in total. The Kier molecular flexibility index (Phi) is 19.1. The summed E-state index contributed by atoms with van der Waals surface area (Å²) in [5, 5.41) is 2.33. The molecule has 0 bridgehead atoms. The van der Waals surface area contributed by atoms with Crippen molar-refractivity contribution in [2.45, 2.75) is 208 Å². The van der Waals surface area contributed by atoms with Gasteiger partial charge in [-0.05, 0) is 314 Å². The molecule has 0 atom stereocenters. The molecule has 12 aromatic rings. The van der Waals surface area contributed by atoms with Gasteiger partial charge in [0.15, 0.2) is 45.9 Å². The molecule has 0 radical (unpaired) electrons. The summed E-state index contributed by atoms with van der Waals surface area (Å²) in [6, 6.07) is 0. The van der Waals surface area contributed by atoms with Gasteiger partial charge in [0, 0.05) is 27.7 Å². The molecule has 0 N–H and O–H groups in total. The summed E-state index contributed by atoms with van der Waals surface area (Å²) in [6.45, 7) is 63.1. The molecular weight excluding hydrogens is 1080 g/mol. The van der Waals surface area contributed by atoms with Crippen molar-refractivity contribution >= 4 is 87.5 Å². The number of fused-ring (bicyclic) bond motifs is 6. The molecule has 12 rings (SSSR count). The van der Waals surface area contributed by atoms with Crippen molar-refractivity contribution in [3.05, 3.63) is 167 Å². The molecule has 0 aliphatic rings. The molecule has 6 aromatic carbocycles. The minimum absolute atomic E-state index is 0.746. The molecule has 12 heteroatoms. The summed E-state index contributed by atoms with van der Waals surface area (Å²) in [5.74, 6) is 2.99. The minimum atomic E-state index is 0.746. The van der Waals surface area contributed by atoms with Gasteiger partial charge in [0.1, 0.15) is 22.1 Å². The Balaban J connectivity index is 0.000000145. The van der Waals surface area contributed by atoms with E-state index in [9.17, 15) is 0 Å². The van der Waals surface area contributed by atoms with E-state index in [1.165, 1.54) is 154 Å². The third kappa shape index (κ3) is 12.0. The quantitative estimate of drug-likeness (QED) is 0.145. The van der Waals surface area contributed by atoms with E-state index < -0.39 is 0 Å². The SMILES string of the molecule is Cc1nc2c(C)c(C)c(C)c(C)c2o1.Cc1nc2c(C)c(C)c(C)c(C)c2o1.Cc1nc2c(C)c(C)c(C)c(C)c2o1.Cc1nc2c(C)c(C)c(C)c(C)c2o1.Cc1nc2c(C)c(C)c(C)c(C)c2s1.Cc1nc2c(C)c(C)c(C)c(C)c2s1. The fraction of sp³-hybridized carbons (Fsp3) is 0.417. The van der Waals surface area contributed by atoms with Gasteiger partial charge in [-0.25, -0.2) is 29.9 Å². The van der Waals surface area contributed by atoms with E-state index in [1.54, 1.807) is 22.7 Å². The van der Waals surface area contributed by atoms with E-state index in [0.717, 1.165) is 78.0 Å². The van der Waals surface area contributed by atoms with Gasteiger partial charge in [0.05, 0.1) is 30.4 Å². The van der Waals surface area contributed by atoms with E-state index in [-0.39, 0.29) is 0 Å². The van der Waals surface area contributed by atoms with Crippen LogP contribution in [-0.2, 0) is 0 Å². The maximum absolute atomic E-state index is 5.60. The van der Waals surface area contributed by atoms with Crippen LogP contribution in [0.3, 0.4) is 0 Å². The smallest absolute Gasteiger partial charge is 0.192 e. The third-order valence-corrected chi connectivity index (χ3v) is 20.9. The number of rotatable bonds is 0. The molecule has 0 saturated heterocycles. The molecule has 0 aliphatic carbocycles. The van der Waals surface area contributed by atoms with Crippen molar-refractivity contribution in [1.29, 1.82) is 0 Å². The predicted molar refractivity (Wildman–Crippen MR) is 357 cm³/mol. The number of oxazole rings is 4. The van der Waals surface area contributed by atoms with Gasteiger partial charge in [-0.3, -0.25) is 0 Å². The molecule has 0 aliphatic heterocycles. The molecule has 0 saturated carbocycles. The number of thiazole rings is 2. The maximum Gasteiger partial charge on any atom is 0.192 e. The zero-order valence-electron chi connectivity index (χ0n) is 56.1. The number of hydrogen-bond donors (Lipinski definition) is 0. The van der Waals surface area contributed by atoms with Gasteiger partial charge >= 0.3 is 0 Å². The largest absolute Gasteiger partial charge is 0.441 e. The first-order valence-electron chi connectivity index (χ1n) is 29.1. The normalized spacial score (nSPS) is 11.2. The van der Waals surface area contributed by atoms with Gasteiger partial charge in [0.25, 0.3) is 0 Å². The fourth-order valence-corrected chi connectivity index (χ4v) is 13.1. The Morgan fingerprint density at radius 1 is 0.179 bits per heavy atom. The van der Waals surface area contributed by atoms with Crippen LogP contribution >= 0.6 is 22.7 Å². The number of aryl methyl sites for hydroxylation is 18. The fourth-order valence-electron chi connectivity index (χ4n) is 11.1. The molecule has 84 heavy (non-hydrogen) atoms. The lowest BCUT2D eigenvalue weighted by molar-refractivity contribution is 0.558. The molecule has 0 amide bonds. The van der Waals surface area contributed by atoms with Gasteiger partial charge < -0.3 is 17.7 Å². The number of benzene rings is 6. The summed E-state index contributed by atoms with van der Waals surface area (Å²) < 4.78 is 25.1. The van der Waals surface area contributed by atoms with Crippen molar-refractivity contribution in [3.63, 3.8) is 0 Å². The Labute approximate surface area is 507 Å². The molecular formula is C72H90N6O4S2. The summed E-state index contributed by atoms with van der Waals surface area (Å²) in [5.41, 5.74) is 41.7. The second kappa shape index (κ2) is 24.9. The zero-order valence-corrected chi connectivity index (χ0v) is 57.8. The van der Waals surface area contributed by atoms with E-state index >= 15 is 0 Å².